The van der Waals surface area contributed by atoms with Crippen LogP contribution in [0.25, 0.3) is 0 Å². The fraction of sp³-hybridized carbons (Fsp3) is 0.467. The average molecular weight is 279 g/mol. The maximum Gasteiger partial charge on any atom is 0.267 e. The van der Waals surface area contributed by atoms with Crippen LogP contribution >= 0.6 is 0 Å². The molecule has 1 aromatic rings. The van der Waals surface area contributed by atoms with E-state index in [4.69, 9.17) is 4.74 Å². The summed E-state index contributed by atoms with van der Waals surface area (Å²) >= 11 is 0. The largest absolute Gasteiger partial charge is 0.480 e. The number of halogens is 1. The summed E-state index contributed by atoms with van der Waals surface area (Å²) in [5.41, 5.74) is 0.296. The highest BCUT2D eigenvalue weighted by atomic mass is 19.1. The van der Waals surface area contributed by atoms with E-state index in [1.54, 1.807) is 12.1 Å². The first kappa shape index (κ1) is 14.5. The van der Waals surface area contributed by atoms with Gasteiger partial charge in [-0.1, -0.05) is 26.8 Å². The van der Waals surface area contributed by atoms with Gasteiger partial charge in [0.25, 0.3) is 5.91 Å². The summed E-state index contributed by atoms with van der Waals surface area (Å²) in [6.45, 7) is 5.77. The second kappa shape index (κ2) is 5.23. The highest BCUT2D eigenvalue weighted by Crippen LogP contribution is 2.28. The van der Waals surface area contributed by atoms with E-state index in [-0.39, 0.29) is 23.6 Å². The van der Waals surface area contributed by atoms with Gasteiger partial charge in [-0.15, -0.1) is 0 Å². The van der Waals surface area contributed by atoms with E-state index >= 15 is 0 Å². The molecule has 5 heteroatoms. The van der Waals surface area contributed by atoms with E-state index in [0.29, 0.717) is 17.7 Å². The number of benzene rings is 1. The predicted molar refractivity (Wildman–Crippen MR) is 71.9 cm³/mol. The number of ether oxygens (including phenoxy) is 1. The molecule has 1 unspecified atom stereocenters. The molecule has 2 amide bonds. The fourth-order valence-corrected chi connectivity index (χ4v) is 2.13. The number of hydrogen-bond donors (Lipinski definition) is 1. The lowest BCUT2D eigenvalue weighted by Gasteiger charge is -2.23. The van der Waals surface area contributed by atoms with Gasteiger partial charge in [0.2, 0.25) is 5.91 Å². The number of hydrogen-bond acceptors (Lipinski definition) is 3. The molecule has 1 fully saturated rings. The molecule has 1 atom stereocenters. The molecule has 0 spiro atoms. The van der Waals surface area contributed by atoms with Crippen molar-refractivity contribution in [3.8, 4) is 5.75 Å². The molecule has 0 aromatic heterocycles. The first-order chi connectivity index (χ1) is 9.27. The van der Waals surface area contributed by atoms with Crippen LogP contribution in [0, 0.1) is 5.82 Å². The Morgan fingerprint density at radius 2 is 2.00 bits per heavy atom. The van der Waals surface area contributed by atoms with E-state index in [1.165, 1.54) is 6.07 Å². The highest BCUT2D eigenvalue weighted by molar-refractivity contribution is 5.99. The van der Waals surface area contributed by atoms with Crippen molar-refractivity contribution in [1.29, 1.82) is 0 Å². The molecule has 2 rings (SSSR count). The Balaban J connectivity index is 2.13. The SMILES string of the molecule is CC(C)(C)c1ccc(OC2CCC(=O)NC2=O)cc1F. The van der Waals surface area contributed by atoms with Crippen molar-refractivity contribution >= 4 is 11.8 Å². The molecule has 1 saturated heterocycles. The van der Waals surface area contributed by atoms with E-state index in [1.807, 2.05) is 20.8 Å². The number of amides is 2. The van der Waals surface area contributed by atoms with Crippen LogP contribution < -0.4 is 10.1 Å². The van der Waals surface area contributed by atoms with Gasteiger partial charge in [-0.25, -0.2) is 4.39 Å². The van der Waals surface area contributed by atoms with Crippen molar-refractivity contribution in [3.05, 3.63) is 29.6 Å². The maximum absolute atomic E-state index is 14.0. The Kier molecular flexibility index (Phi) is 3.79. The van der Waals surface area contributed by atoms with Gasteiger partial charge < -0.3 is 4.74 Å². The molecule has 108 valence electrons. The molecule has 20 heavy (non-hydrogen) atoms. The topological polar surface area (TPSA) is 55.4 Å². The molecular weight excluding hydrogens is 261 g/mol. The zero-order valence-electron chi connectivity index (χ0n) is 11.8. The Morgan fingerprint density at radius 1 is 1.30 bits per heavy atom. The lowest BCUT2D eigenvalue weighted by Crippen LogP contribution is -2.46. The van der Waals surface area contributed by atoms with Crippen LogP contribution in [0.4, 0.5) is 4.39 Å². The Labute approximate surface area is 117 Å². The molecule has 1 N–H and O–H groups in total. The molecule has 4 nitrogen and oxygen atoms in total. The standard InChI is InChI=1S/C15H18FNO3/c1-15(2,3)10-5-4-9(8-11(10)16)20-12-6-7-13(18)17-14(12)19/h4-5,8,12H,6-7H2,1-3H3,(H,17,18,19). The van der Waals surface area contributed by atoms with Crippen LogP contribution in [0.5, 0.6) is 5.75 Å². The molecule has 0 radical (unpaired) electrons. The third-order valence-electron chi connectivity index (χ3n) is 3.22. The molecule has 0 aliphatic carbocycles. The van der Waals surface area contributed by atoms with Gasteiger partial charge in [-0.3, -0.25) is 14.9 Å². The Morgan fingerprint density at radius 3 is 2.55 bits per heavy atom. The number of piperidine rings is 1. The maximum atomic E-state index is 14.0. The predicted octanol–water partition coefficient (Wildman–Crippen LogP) is 2.31. The van der Waals surface area contributed by atoms with Gasteiger partial charge in [0, 0.05) is 18.9 Å². The van der Waals surface area contributed by atoms with Crippen molar-refractivity contribution in [2.24, 2.45) is 0 Å². The molecule has 1 aliphatic heterocycles. The van der Waals surface area contributed by atoms with E-state index in [2.05, 4.69) is 5.32 Å². The van der Waals surface area contributed by atoms with Gasteiger partial charge in [0.1, 0.15) is 11.6 Å². The summed E-state index contributed by atoms with van der Waals surface area (Å²) in [6.07, 6.45) is -0.195. The van der Waals surface area contributed by atoms with Crippen molar-refractivity contribution in [1.82, 2.24) is 5.32 Å². The quantitative estimate of drug-likeness (QED) is 0.845. The molecule has 1 aromatic carbocycles. The third kappa shape index (κ3) is 3.15. The first-order valence-corrected chi connectivity index (χ1v) is 6.58. The van der Waals surface area contributed by atoms with Crippen molar-refractivity contribution in [2.45, 2.75) is 45.1 Å². The van der Waals surface area contributed by atoms with Crippen LogP contribution in [-0.4, -0.2) is 17.9 Å². The van der Waals surface area contributed by atoms with Gasteiger partial charge in [0.15, 0.2) is 6.10 Å². The first-order valence-electron chi connectivity index (χ1n) is 6.58. The summed E-state index contributed by atoms with van der Waals surface area (Å²) in [5, 5.41) is 2.20. The lowest BCUT2D eigenvalue weighted by atomic mass is 9.86. The van der Waals surface area contributed by atoms with Crippen LogP contribution in [0.2, 0.25) is 0 Å². The number of nitrogens with one attached hydrogen (secondary N) is 1. The minimum Gasteiger partial charge on any atom is -0.480 e. The van der Waals surface area contributed by atoms with Crippen molar-refractivity contribution in [2.75, 3.05) is 0 Å². The second-order valence-electron chi connectivity index (χ2n) is 5.95. The molecule has 1 heterocycles. The highest BCUT2D eigenvalue weighted by Gasteiger charge is 2.28. The van der Waals surface area contributed by atoms with Crippen molar-refractivity contribution < 1.29 is 18.7 Å². The number of rotatable bonds is 2. The zero-order valence-corrected chi connectivity index (χ0v) is 11.8. The van der Waals surface area contributed by atoms with Crippen LogP contribution in [0.1, 0.15) is 39.2 Å². The van der Waals surface area contributed by atoms with Gasteiger partial charge in [-0.05, 0) is 17.0 Å². The molecular formula is C15H18FNO3. The molecule has 0 bridgehead atoms. The summed E-state index contributed by atoms with van der Waals surface area (Å²) in [7, 11) is 0. The van der Waals surface area contributed by atoms with E-state index < -0.39 is 12.0 Å². The number of carbonyl (C=O) groups is 2. The zero-order chi connectivity index (χ0) is 14.9. The summed E-state index contributed by atoms with van der Waals surface area (Å²) in [4.78, 5) is 22.6. The second-order valence-corrected chi connectivity index (χ2v) is 5.95. The fourth-order valence-electron chi connectivity index (χ4n) is 2.13. The normalized spacial score (nSPS) is 19.7. The summed E-state index contributed by atoms with van der Waals surface area (Å²) in [5.74, 6) is -0.835. The number of carbonyl (C=O) groups excluding carboxylic acids is 2. The minimum absolute atomic E-state index is 0.235. The van der Waals surface area contributed by atoms with E-state index in [9.17, 15) is 14.0 Å². The van der Waals surface area contributed by atoms with Gasteiger partial charge in [-0.2, -0.15) is 0 Å². The molecule has 1 aliphatic rings. The van der Waals surface area contributed by atoms with Crippen LogP contribution in [0.3, 0.4) is 0 Å². The Hall–Kier alpha value is -1.91. The molecule has 0 saturated carbocycles. The van der Waals surface area contributed by atoms with Gasteiger partial charge in [0.05, 0.1) is 0 Å². The van der Waals surface area contributed by atoms with Crippen molar-refractivity contribution in [3.63, 3.8) is 0 Å². The average Bonchev–Trinajstić information content (AvgIpc) is 2.31. The smallest absolute Gasteiger partial charge is 0.267 e. The third-order valence-corrected chi connectivity index (χ3v) is 3.22. The Bertz CT molecular complexity index is 549. The summed E-state index contributed by atoms with van der Waals surface area (Å²) < 4.78 is 19.5. The van der Waals surface area contributed by atoms with Gasteiger partial charge >= 0.3 is 0 Å². The lowest BCUT2D eigenvalue weighted by molar-refractivity contribution is -0.138. The monoisotopic (exact) mass is 279 g/mol. The van der Waals surface area contributed by atoms with Crippen LogP contribution in [-0.2, 0) is 15.0 Å². The van der Waals surface area contributed by atoms with Crippen LogP contribution in [0.15, 0.2) is 18.2 Å². The number of imide groups is 1. The summed E-state index contributed by atoms with van der Waals surface area (Å²) in [6, 6.07) is 4.59. The van der Waals surface area contributed by atoms with E-state index in [0.717, 1.165) is 0 Å². The minimum atomic E-state index is -0.743.